The summed E-state index contributed by atoms with van der Waals surface area (Å²) in [6.45, 7) is 6.34. The molecule has 2 amide bonds. The maximum Gasteiger partial charge on any atom is 0.314 e. The molecule has 5 heteroatoms. The molecular formula is C17H33N3O2. The van der Waals surface area contributed by atoms with E-state index in [1.165, 1.54) is 19.3 Å². The Hall–Kier alpha value is -0.810. The van der Waals surface area contributed by atoms with E-state index in [2.05, 4.69) is 22.5 Å². The number of nitrogens with one attached hydrogen (secondary N) is 2. The molecule has 0 bridgehead atoms. The molecule has 2 fully saturated rings. The fourth-order valence-corrected chi connectivity index (χ4v) is 4.48. The van der Waals surface area contributed by atoms with Crippen LogP contribution in [0.1, 0.15) is 52.4 Å². The molecule has 0 aromatic heterocycles. The third-order valence-electron chi connectivity index (χ3n) is 5.55. The number of rotatable bonds is 5. The zero-order valence-electron chi connectivity index (χ0n) is 14.3. The molecule has 1 saturated carbocycles. The Morgan fingerprint density at radius 3 is 2.77 bits per heavy atom. The van der Waals surface area contributed by atoms with Crippen LogP contribution in [0, 0.1) is 11.8 Å². The fourth-order valence-electron chi connectivity index (χ4n) is 4.48. The van der Waals surface area contributed by atoms with Gasteiger partial charge in [0.25, 0.3) is 0 Å². The number of aliphatic hydroxyl groups excluding tert-OH is 1. The van der Waals surface area contributed by atoms with Crippen LogP contribution in [0.15, 0.2) is 0 Å². The van der Waals surface area contributed by atoms with E-state index < -0.39 is 0 Å². The molecule has 0 aromatic rings. The van der Waals surface area contributed by atoms with Gasteiger partial charge in [-0.3, -0.25) is 4.90 Å². The Labute approximate surface area is 134 Å². The average Bonchev–Trinajstić information content (AvgIpc) is 2.90. The lowest BCUT2D eigenvalue weighted by Crippen LogP contribution is -2.46. The van der Waals surface area contributed by atoms with Crippen molar-refractivity contribution in [2.45, 2.75) is 70.6 Å². The van der Waals surface area contributed by atoms with Crippen LogP contribution in [0.2, 0.25) is 0 Å². The van der Waals surface area contributed by atoms with Gasteiger partial charge in [-0.15, -0.1) is 0 Å². The van der Waals surface area contributed by atoms with Crippen molar-refractivity contribution in [2.24, 2.45) is 11.8 Å². The molecule has 1 heterocycles. The van der Waals surface area contributed by atoms with Crippen LogP contribution in [-0.4, -0.2) is 54.4 Å². The second-order valence-corrected chi connectivity index (χ2v) is 7.14. The van der Waals surface area contributed by atoms with Crippen molar-refractivity contribution in [3.8, 4) is 0 Å². The summed E-state index contributed by atoms with van der Waals surface area (Å²) in [7, 11) is 1.66. The summed E-state index contributed by atoms with van der Waals surface area (Å²) >= 11 is 0. The first-order chi connectivity index (χ1) is 10.5. The number of amides is 2. The Morgan fingerprint density at radius 1 is 1.36 bits per heavy atom. The zero-order valence-corrected chi connectivity index (χ0v) is 14.3. The second kappa shape index (κ2) is 8.16. The third kappa shape index (κ3) is 4.35. The van der Waals surface area contributed by atoms with Crippen molar-refractivity contribution in [3.63, 3.8) is 0 Å². The van der Waals surface area contributed by atoms with E-state index in [1.54, 1.807) is 7.05 Å². The normalized spacial score (nSPS) is 34.4. The highest BCUT2D eigenvalue weighted by atomic mass is 16.3. The van der Waals surface area contributed by atoms with Crippen LogP contribution < -0.4 is 10.6 Å². The average molecular weight is 311 g/mol. The number of carbonyl (C=O) groups excluding carboxylic acids is 1. The molecule has 2 aliphatic rings. The lowest BCUT2D eigenvalue weighted by Gasteiger charge is -2.36. The highest BCUT2D eigenvalue weighted by molar-refractivity contribution is 5.73. The predicted octanol–water partition coefficient (Wildman–Crippen LogP) is 1.96. The van der Waals surface area contributed by atoms with Gasteiger partial charge in [-0.1, -0.05) is 19.8 Å². The number of aliphatic hydroxyl groups is 1. The minimum atomic E-state index is -0.254. The smallest absolute Gasteiger partial charge is 0.314 e. The first-order valence-electron chi connectivity index (χ1n) is 8.95. The molecular weight excluding hydrogens is 278 g/mol. The quantitative estimate of drug-likeness (QED) is 0.727. The first-order valence-corrected chi connectivity index (χ1v) is 8.95. The summed E-state index contributed by atoms with van der Waals surface area (Å²) in [4.78, 5) is 14.0. The Balaban J connectivity index is 1.88. The molecule has 1 aliphatic carbocycles. The van der Waals surface area contributed by atoms with Gasteiger partial charge in [0.2, 0.25) is 0 Å². The summed E-state index contributed by atoms with van der Waals surface area (Å²) in [6, 6.07) is 0.547. The highest BCUT2D eigenvalue weighted by Crippen LogP contribution is 2.33. The maximum absolute atomic E-state index is 11.5. The lowest BCUT2D eigenvalue weighted by molar-refractivity contribution is 0.0520. The van der Waals surface area contributed by atoms with Crippen molar-refractivity contribution in [2.75, 3.05) is 20.1 Å². The summed E-state index contributed by atoms with van der Waals surface area (Å²) in [5.41, 5.74) is 0. The van der Waals surface area contributed by atoms with E-state index in [0.29, 0.717) is 23.9 Å². The Morgan fingerprint density at radius 2 is 2.14 bits per heavy atom. The summed E-state index contributed by atoms with van der Waals surface area (Å²) in [5.74, 6) is 1.26. The van der Waals surface area contributed by atoms with E-state index >= 15 is 0 Å². The molecule has 0 aromatic carbocycles. The molecule has 5 nitrogen and oxygen atoms in total. The standard InChI is InChI=1S/C17H33N3O2/c1-4-14-8-9-20(16(14)12(2)21)11-13-6-5-7-15(10-13)19-17(22)18-3/h12-16,21H,4-11H2,1-3H3,(H2,18,19,22). The molecule has 3 N–H and O–H groups in total. The van der Waals surface area contributed by atoms with Crippen LogP contribution in [0.5, 0.6) is 0 Å². The molecule has 128 valence electrons. The van der Waals surface area contributed by atoms with Crippen molar-refractivity contribution in [3.05, 3.63) is 0 Å². The van der Waals surface area contributed by atoms with Crippen molar-refractivity contribution in [1.29, 1.82) is 0 Å². The maximum atomic E-state index is 11.5. The van der Waals surface area contributed by atoms with Gasteiger partial charge < -0.3 is 15.7 Å². The number of hydrogen-bond acceptors (Lipinski definition) is 3. The van der Waals surface area contributed by atoms with Crippen LogP contribution in [-0.2, 0) is 0 Å². The number of hydrogen-bond donors (Lipinski definition) is 3. The number of urea groups is 1. The van der Waals surface area contributed by atoms with Gasteiger partial charge in [-0.25, -0.2) is 4.79 Å². The molecule has 22 heavy (non-hydrogen) atoms. The highest BCUT2D eigenvalue weighted by Gasteiger charge is 2.37. The molecule has 0 spiro atoms. The van der Waals surface area contributed by atoms with Gasteiger partial charge in [0, 0.05) is 25.7 Å². The summed E-state index contributed by atoms with van der Waals surface area (Å²) in [6.07, 6.45) is 6.68. The Kier molecular flexibility index (Phi) is 6.50. The minimum absolute atomic E-state index is 0.0697. The van der Waals surface area contributed by atoms with Crippen LogP contribution in [0.25, 0.3) is 0 Å². The lowest BCUT2D eigenvalue weighted by atomic mass is 9.85. The van der Waals surface area contributed by atoms with Gasteiger partial charge >= 0.3 is 6.03 Å². The SMILES string of the molecule is CCC1CCN(CC2CCCC(NC(=O)NC)C2)C1C(C)O. The molecule has 1 saturated heterocycles. The van der Waals surface area contributed by atoms with Crippen molar-refractivity contribution >= 4 is 6.03 Å². The van der Waals surface area contributed by atoms with Gasteiger partial charge in [-0.05, 0) is 51.0 Å². The van der Waals surface area contributed by atoms with E-state index in [0.717, 1.165) is 32.4 Å². The van der Waals surface area contributed by atoms with Gasteiger partial charge in [-0.2, -0.15) is 0 Å². The van der Waals surface area contributed by atoms with Crippen LogP contribution >= 0.6 is 0 Å². The summed E-state index contributed by atoms with van der Waals surface area (Å²) in [5, 5.41) is 15.9. The number of likely N-dealkylation sites (tertiary alicyclic amines) is 1. The summed E-state index contributed by atoms with van der Waals surface area (Å²) < 4.78 is 0. The fraction of sp³-hybridized carbons (Fsp3) is 0.941. The number of carbonyl (C=O) groups is 1. The molecule has 5 unspecified atom stereocenters. The molecule has 0 radical (unpaired) electrons. The molecule has 1 aliphatic heterocycles. The largest absolute Gasteiger partial charge is 0.392 e. The van der Waals surface area contributed by atoms with Gasteiger partial charge in [0.15, 0.2) is 0 Å². The van der Waals surface area contributed by atoms with Crippen LogP contribution in [0.3, 0.4) is 0 Å². The van der Waals surface area contributed by atoms with E-state index in [1.807, 2.05) is 6.92 Å². The van der Waals surface area contributed by atoms with Gasteiger partial charge in [0.1, 0.15) is 0 Å². The third-order valence-corrected chi connectivity index (χ3v) is 5.55. The predicted molar refractivity (Wildman–Crippen MR) is 88.8 cm³/mol. The number of nitrogens with zero attached hydrogens (tertiary/aromatic N) is 1. The first kappa shape index (κ1) is 17.5. The monoisotopic (exact) mass is 311 g/mol. The van der Waals surface area contributed by atoms with E-state index in [-0.39, 0.29) is 12.1 Å². The zero-order chi connectivity index (χ0) is 16.1. The molecule has 5 atom stereocenters. The van der Waals surface area contributed by atoms with E-state index in [4.69, 9.17) is 0 Å². The van der Waals surface area contributed by atoms with Gasteiger partial charge in [0.05, 0.1) is 6.10 Å². The minimum Gasteiger partial charge on any atom is -0.392 e. The molecule has 2 rings (SSSR count). The second-order valence-electron chi connectivity index (χ2n) is 7.14. The van der Waals surface area contributed by atoms with Crippen molar-refractivity contribution in [1.82, 2.24) is 15.5 Å². The van der Waals surface area contributed by atoms with E-state index in [9.17, 15) is 9.90 Å². The topological polar surface area (TPSA) is 64.6 Å². The Bertz CT molecular complexity index is 362. The van der Waals surface area contributed by atoms with Crippen LogP contribution in [0.4, 0.5) is 4.79 Å². The van der Waals surface area contributed by atoms with Crippen molar-refractivity contribution < 1.29 is 9.90 Å².